The van der Waals surface area contributed by atoms with Gasteiger partial charge in [0.1, 0.15) is 6.04 Å². The summed E-state index contributed by atoms with van der Waals surface area (Å²) in [5.74, 6) is 0.735. The van der Waals surface area contributed by atoms with Crippen LogP contribution in [0.1, 0.15) is 62.7 Å². The van der Waals surface area contributed by atoms with Crippen LogP contribution in [-0.2, 0) is 19.1 Å². The van der Waals surface area contributed by atoms with E-state index in [1.54, 1.807) is 31.2 Å². The Kier molecular flexibility index (Phi) is 5.86. The molecule has 0 saturated heterocycles. The first-order valence-corrected chi connectivity index (χ1v) is 11.1. The lowest BCUT2D eigenvalue weighted by Crippen LogP contribution is -2.56. The minimum atomic E-state index is -0.803. The molecule has 0 radical (unpaired) electrons. The smallest absolute Gasteiger partial charge is 0.328 e. The van der Waals surface area contributed by atoms with Crippen LogP contribution in [0, 0.1) is 23.2 Å². The molecule has 0 spiro atoms. The van der Waals surface area contributed by atoms with E-state index < -0.39 is 24.5 Å². The van der Waals surface area contributed by atoms with Gasteiger partial charge in [0, 0.05) is 16.7 Å². The van der Waals surface area contributed by atoms with E-state index >= 15 is 0 Å². The quantitative estimate of drug-likeness (QED) is 0.515. The maximum atomic E-state index is 13.0. The van der Waals surface area contributed by atoms with Gasteiger partial charge in [-0.05, 0) is 94.4 Å². The Bertz CT molecular complexity index is 856. The summed E-state index contributed by atoms with van der Waals surface area (Å²) < 4.78 is 5.10. The van der Waals surface area contributed by atoms with Crippen molar-refractivity contribution in [1.82, 2.24) is 5.32 Å². The maximum Gasteiger partial charge on any atom is 0.328 e. The monoisotopic (exact) mass is 426 g/mol. The number of Topliss-reactive ketones (excluding diaryl/α,β-unsaturated/α-hetero) is 1. The van der Waals surface area contributed by atoms with Gasteiger partial charge in [-0.25, -0.2) is 4.79 Å². The van der Waals surface area contributed by atoms with E-state index in [0.717, 1.165) is 19.3 Å². The predicted molar refractivity (Wildman–Crippen MR) is 114 cm³/mol. The van der Waals surface area contributed by atoms with Crippen molar-refractivity contribution in [3.8, 4) is 0 Å². The highest BCUT2D eigenvalue weighted by molar-refractivity contribution is 5.96. The molecule has 7 nitrogen and oxygen atoms in total. The molecule has 4 fully saturated rings. The summed E-state index contributed by atoms with van der Waals surface area (Å²) in [4.78, 5) is 48.7. The molecule has 5 rings (SSSR count). The van der Waals surface area contributed by atoms with Crippen molar-refractivity contribution in [2.45, 2.75) is 58.4 Å². The lowest BCUT2D eigenvalue weighted by molar-refractivity contribution is -0.154. The van der Waals surface area contributed by atoms with Gasteiger partial charge in [0.25, 0.3) is 5.91 Å². The number of ether oxygens (including phenoxy) is 1. The average molecular weight is 427 g/mol. The molecule has 1 atom stereocenters. The highest BCUT2D eigenvalue weighted by Gasteiger charge is 2.54. The predicted octanol–water partition coefficient (Wildman–Crippen LogP) is 3.09. The third-order valence-corrected chi connectivity index (χ3v) is 7.14. The molecule has 4 aliphatic carbocycles. The molecular formula is C24H30N2O5. The third-order valence-electron chi connectivity index (χ3n) is 7.14. The summed E-state index contributed by atoms with van der Waals surface area (Å²) in [5.41, 5.74) is 0.731. The van der Waals surface area contributed by atoms with Crippen molar-refractivity contribution < 1.29 is 23.9 Å². The second-order valence-corrected chi connectivity index (χ2v) is 9.68. The molecule has 1 aromatic carbocycles. The lowest BCUT2D eigenvalue weighted by Gasteiger charge is -2.55. The van der Waals surface area contributed by atoms with E-state index in [2.05, 4.69) is 10.6 Å². The molecule has 0 unspecified atom stereocenters. The van der Waals surface area contributed by atoms with Crippen molar-refractivity contribution in [1.29, 1.82) is 0 Å². The van der Waals surface area contributed by atoms with E-state index in [4.69, 9.17) is 4.74 Å². The molecule has 2 amide bonds. The summed E-state index contributed by atoms with van der Waals surface area (Å²) in [6.45, 7) is 2.63. The fourth-order valence-electron chi connectivity index (χ4n) is 6.04. The van der Waals surface area contributed by atoms with Crippen LogP contribution < -0.4 is 10.6 Å². The van der Waals surface area contributed by atoms with Gasteiger partial charge in [-0.2, -0.15) is 0 Å². The Hall–Kier alpha value is -2.70. The van der Waals surface area contributed by atoms with Gasteiger partial charge in [-0.1, -0.05) is 0 Å². The topological polar surface area (TPSA) is 102 Å². The van der Waals surface area contributed by atoms with Crippen LogP contribution in [0.15, 0.2) is 24.3 Å². The number of benzene rings is 1. The summed E-state index contributed by atoms with van der Waals surface area (Å²) in [6, 6.07) is 5.66. The van der Waals surface area contributed by atoms with E-state index in [1.165, 1.54) is 26.2 Å². The van der Waals surface area contributed by atoms with Gasteiger partial charge in [0.15, 0.2) is 12.4 Å². The van der Waals surface area contributed by atoms with Gasteiger partial charge >= 0.3 is 5.97 Å². The fourth-order valence-corrected chi connectivity index (χ4v) is 6.04. The summed E-state index contributed by atoms with van der Waals surface area (Å²) >= 11 is 0. The molecule has 31 heavy (non-hydrogen) atoms. The molecule has 4 bridgehead atoms. The Balaban J connectivity index is 1.24. The van der Waals surface area contributed by atoms with Crippen LogP contribution in [-0.4, -0.2) is 36.2 Å². The maximum absolute atomic E-state index is 13.0. The van der Waals surface area contributed by atoms with E-state index in [1.807, 2.05) is 0 Å². The van der Waals surface area contributed by atoms with Gasteiger partial charge in [0.05, 0.1) is 0 Å². The molecule has 166 valence electrons. The first kappa shape index (κ1) is 21.5. The second-order valence-electron chi connectivity index (χ2n) is 9.68. The molecule has 0 aliphatic heterocycles. The number of rotatable bonds is 7. The zero-order valence-corrected chi connectivity index (χ0v) is 18.1. The van der Waals surface area contributed by atoms with Crippen molar-refractivity contribution in [3.63, 3.8) is 0 Å². The van der Waals surface area contributed by atoms with Crippen molar-refractivity contribution in [2.75, 3.05) is 11.9 Å². The van der Waals surface area contributed by atoms with Crippen LogP contribution in [0.2, 0.25) is 0 Å². The molecule has 4 aliphatic rings. The number of anilines is 1. The van der Waals surface area contributed by atoms with E-state index in [9.17, 15) is 19.2 Å². The number of hydrogen-bond acceptors (Lipinski definition) is 5. The van der Waals surface area contributed by atoms with Gasteiger partial charge < -0.3 is 15.4 Å². The Morgan fingerprint density at radius 3 is 2.06 bits per heavy atom. The number of ketones is 1. The highest BCUT2D eigenvalue weighted by Crippen LogP contribution is 2.60. The Labute approximate surface area is 182 Å². The Morgan fingerprint density at radius 1 is 1.00 bits per heavy atom. The summed E-state index contributed by atoms with van der Waals surface area (Å²) in [5, 5.41) is 5.47. The standard InChI is InChI=1S/C24H30N2O5/c1-14(25-23(30)24-10-16-7-17(11-24)9-18(8-16)12-24)22(29)31-13-21(28)26-20-5-3-19(4-6-20)15(2)27/h3-6,14,16-18H,7-13H2,1-2H3,(H,25,30)(H,26,28)/t14-,16?,17?,18?,24?/m0/s1. The van der Waals surface area contributed by atoms with Crippen LogP contribution in [0.25, 0.3) is 0 Å². The highest BCUT2D eigenvalue weighted by atomic mass is 16.5. The number of hydrogen-bond donors (Lipinski definition) is 2. The first-order chi connectivity index (χ1) is 14.7. The molecule has 0 heterocycles. The van der Waals surface area contributed by atoms with Crippen molar-refractivity contribution >= 4 is 29.3 Å². The lowest BCUT2D eigenvalue weighted by atomic mass is 9.49. The third kappa shape index (κ3) is 4.65. The normalized spacial score (nSPS) is 29.2. The van der Waals surface area contributed by atoms with E-state index in [0.29, 0.717) is 29.0 Å². The van der Waals surface area contributed by atoms with Crippen LogP contribution in [0.5, 0.6) is 0 Å². The Morgan fingerprint density at radius 2 is 1.55 bits per heavy atom. The zero-order valence-electron chi connectivity index (χ0n) is 18.1. The van der Waals surface area contributed by atoms with Crippen molar-refractivity contribution in [2.24, 2.45) is 23.2 Å². The van der Waals surface area contributed by atoms with Gasteiger partial charge in [-0.15, -0.1) is 0 Å². The van der Waals surface area contributed by atoms with E-state index in [-0.39, 0.29) is 17.1 Å². The minimum absolute atomic E-state index is 0.0361. The van der Waals surface area contributed by atoms with Gasteiger partial charge in [-0.3, -0.25) is 14.4 Å². The minimum Gasteiger partial charge on any atom is -0.454 e. The molecule has 2 N–H and O–H groups in total. The average Bonchev–Trinajstić information content (AvgIpc) is 2.71. The van der Waals surface area contributed by atoms with Crippen LogP contribution >= 0.6 is 0 Å². The fraction of sp³-hybridized carbons (Fsp3) is 0.583. The molecule has 1 aromatic rings. The van der Waals surface area contributed by atoms with Crippen LogP contribution in [0.4, 0.5) is 5.69 Å². The van der Waals surface area contributed by atoms with Crippen LogP contribution in [0.3, 0.4) is 0 Å². The summed E-state index contributed by atoms with van der Waals surface area (Å²) in [6.07, 6.45) is 6.52. The second kappa shape index (κ2) is 8.44. The summed E-state index contributed by atoms with van der Waals surface area (Å²) in [7, 11) is 0. The molecule has 4 saturated carbocycles. The molecule has 7 heteroatoms. The van der Waals surface area contributed by atoms with Gasteiger partial charge in [0.2, 0.25) is 5.91 Å². The zero-order chi connectivity index (χ0) is 22.2. The largest absolute Gasteiger partial charge is 0.454 e. The SMILES string of the molecule is CC(=O)c1ccc(NC(=O)COC(=O)[C@H](C)NC(=O)C23CC4CC(CC(C4)C2)C3)cc1. The number of nitrogens with one attached hydrogen (secondary N) is 2. The number of carbonyl (C=O) groups excluding carboxylic acids is 4. The number of amides is 2. The number of carbonyl (C=O) groups is 4. The first-order valence-electron chi connectivity index (χ1n) is 11.1. The molecule has 0 aromatic heterocycles. The van der Waals surface area contributed by atoms with Crippen molar-refractivity contribution in [3.05, 3.63) is 29.8 Å². The molecular weight excluding hydrogens is 396 g/mol. The number of esters is 1.